The molecule has 2 aromatic rings. The van der Waals surface area contributed by atoms with Gasteiger partial charge in [0.15, 0.2) is 0 Å². The molecular formula is C13H14ClN3S. The van der Waals surface area contributed by atoms with Gasteiger partial charge >= 0.3 is 0 Å². The normalized spacial score (nSPS) is 10.9. The molecule has 0 fully saturated rings. The molecule has 0 spiro atoms. The first-order valence-corrected chi connectivity index (χ1v) is 6.82. The molecule has 0 unspecified atom stereocenters. The zero-order valence-electron chi connectivity index (χ0n) is 10.2. The maximum atomic E-state index is 5.95. The SMILES string of the molecule is CC(C)c1nc(N)cc(Sc2cccc(Cl)c2)n1. The monoisotopic (exact) mass is 279 g/mol. The molecule has 1 aromatic heterocycles. The highest BCUT2D eigenvalue weighted by atomic mass is 35.5. The summed E-state index contributed by atoms with van der Waals surface area (Å²) in [5.41, 5.74) is 5.79. The van der Waals surface area contributed by atoms with Gasteiger partial charge in [0.05, 0.1) is 0 Å². The highest BCUT2D eigenvalue weighted by Crippen LogP contribution is 2.29. The maximum Gasteiger partial charge on any atom is 0.134 e. The van der Waals surface area contributed by atoms with Crippen LogP contribution in [-0.2, 0) is 0 Å². The molecule has 1 heterocycles. The molecule has 0 amide bonds. The van der Waals surface area contributed by atoms with Crippen molar-refractivity contribution in [2.45, 2.75) is 29.7 Å². The zero-order valence-corrected chi connectivity index (χ0v) is 11.8. The second-order valence-corrected chi connectivity index (χ2v) is 5.73. The van der Waals surface area contributed by atoms with Crippen molar-refractivity contribution < 1.29 is 0 Å². The van der Waals surface area contributed by atoms with Crippen molar-refractivity contribution in [2.24, 2.45) is 0 Å². The maximum absolute atomic E-state index is 5.95. The Bertz CT molecular complexity index is 558. The minimum atomic E-state index is 0.257. The van der Waals surface area contributed by atoms with E-state index in [1.54, 1.807) is 6.07 Å². The van der Waals surface area contributed by atoms with Crippen LogP contribution in [0.1, 0.15) is 25.6 Å². The molecule has 3 nitrogen and oxygen atoms in total. The number of halogens is 1. The highest BCUT2D eigenvalue weighted by Gasteiger charge is 2.08. The van der Waals surface area contributed by atoms with Gasteiger partial charge in [0.2, 0.25) is 0 Å². The molecule has 0 radical (unpaired) electrons. The number of rotatable bonds is 3. The summed E-state index contributed by atoms with van der Waals surface area (Å²) in [6.07, 6.45) is 0. The number of benzene rings is 1. The van der Waals surface area contributed by atoms with Crippen molar-refractivity contribution in [1.29, 1.82) is 0 Å². The molecule has 0 saturated heterocycles. The summed E-state index contributed by atoms with van der Waals surface area (Å²) in [5, 5.41) is 1.56. The van der Waals surface area contributed by atoms with Gasteiger partial charge in [0.1, 0.15) is 16.7 Å². The van der Waals surface area contributed by atoms with Crippen molar-refractivity contribution in [3.8, 4) is 0 Å². The van der Waals surface area contributed by atoms with Crippen LogP contribution in [0, 0.1) is 0 Å². The molecule has 0 aliphatic rings. The molecule has 5 heteroatoms. The van der Waals surface area contributed by atoms with E-state index in [2.05, 4.69) is 9.97 Å². The quantitative estimate of drug-likeness (QED) is 0.863. The van der Waals surface area contributed by atoms with Crippen molar-refractivity contribution in [2.75, 3.05) is 5.73 Å². The summed E-state index contributed by atoms with van der Waals surface area (Å²) in [6.45, 7) is 4.09. The van der Waals surface area contributed by atoms with Crippen molar-refractivity contribution in [3.63, 3.8) is 0 Å². The fourth-order valence-electron chi connectivity index (χ4n) is 1.42. The van der Waals surface area contributed by atoms with Crippen LogP contribution in [-0.4, -0.2) is 9.97 Å². The molecular weight excluding hydrogens is 266 g/mol. The molecule has 2 rings (SSSR count). The van der Waals surface area contributed by atoms with Gasteiger partial charge in [-0.25, -0.2) is 9.97 Å². The third-order valence-electron chi connectivity index (χ3n) is 2.27. The first-order chi connectivity index (χ1) is 8.54. The van der Waals surface area contributed by atoms with Crippen LogP contribution >= 0.6 is 23.4 Å². The van der Waals surface area contributed by atoms with Gasteiger partial charge in [0.25, 0.3) is 0 Å². The lowest BCUT2D eigenvalue weighted by molar-refractivity contribution is 0.756. The summed E-state index contributed by atoms with van der Waals surface area (Å²) in [4.78, 5) is 9.74. The van der Waals surface area contributed by atoms with Crippen molar-refractivity contribution in [1.82, 2.24) is 9.97 Å². The summed E-state index contributed by atoms with van der Waals surface area (Å²) >= 11 is 7.49. The Labute approximate surface area is 116 Å². The number of anilines is 1. The van der Waals surface area contributed by atoms with Gasteiger partial charge < -0.3 is 5.73 Å². The molecule has 0 atom stereocenters. The van der Waals surface area contributed by atoms with Crippen molar-refractivity contribution in [3.05, 3.63) is 41.2 Å². The van der Waals surface area contributed by atoms with E-state index >= 15 is 0 Å². The predicted molar refractivity (Wildman–Crippen MR) is 76.1 cm³/mol. The average Bonchev–Trinajstić information content (AvgIpc) is 2.28. The average molecular weight is 280 g/mol. The third-order valence-corrected chi connectivity index (χ3v) is 3.42. The van der Waals surface area contributed by atoms with Crippen LogP contribution < -0.4 is 5.73 Å². The Morgan fingerprint density at radius 2 is 2.00 bits per heavy atom. The molecule has 2 N–H and O–H groups in total. The van der Waals surface area contributed by atoms with E-state index in [1.807, 2.05) is 38.1 Å². The van der Waals surface area contributed by atoms with Crippen LogP contribution in [0.3, 0.4) is 0 Å². The van der Waals surface area contributed by atoms with E-state index in [0.29, 0.717) is 10.8 Å². The van der Waals surface area contributed by atoms with Gasteiger partial charge in [-0.05, 0) is 18.2 Å². The minimum Gasteiger partial charge on any atom is -0.384 e. The van der Waals surface area contributed by atoms with Gasteiger partial charge in [-0.3, -0.25) is 0 Å². The first kappa shape index (κ1) is 13.2. The van der Waals surface area contributed by atoms with E-state index < -0.39 is 0 Å². The Balaban J connectivity index is 2.29. The van der Waals surface area contributed by atoms with Crippen LogP contribution in [0.2, 0.25) is 5.02 Å². The Morgan fingerprint density at radius 1 is 1.22 bits per heavy atom. The second-order valence-electron chi connectivity index (χ2n) is 4.20. The van der Waals surface area contributed by atoms with Crippen LogP contribution in [0.15, 0.2) is 40.3 Å². The van der Waals surface area contributed by atoms with E-state index in [0.717, 1.165) is 15.7 Å². The van der Waals surface area contributed by atoms with Gasteiger partial charge in [-0.1, -0.05) is 43.3 Å². The summed E-state index contributed by atoms with van der Waals surface area (Å²) in [5.74, 6) is 1.52. The number of hydrogen-bond acceptors (Lipinski definition) is 4. The molecule has 0 aliphatic heterocycles. The van der Waals surface area contributed by atoms with Gasteiger partial charge in [0, 0.05) is 21.9 Å². The Morgan fingerprint density at radius 3 is 2.67 bits per heavy atom. The molecule has 0 bridgehead atoms. The number of nitrogens with zero attached hydrogens (tertiary/aromatic N) is 2. The lowest BCUT2D eigenvalue weighted by atomic mass is 10.2. The molecule has 18 heavy (non-hydrogen) atoms. The number of nitrogen functional groups attached to an aromatic ring is 1. The fourth-order valence-corrected chi connectivity index (χ4v) is 2.57. The molecule has 1 aromatic carbocycles. The molecule has 0 aliphatic carbocycles. The lowest BCUT2D eigenvalue weighted by Crippen LogP contribution is -2.02. The van der Waals surface area contributed by atoms with Gasteiger partial charge in [-0.15, -0.1) is 0 Å². The summed E-state index contributed by atoms with van der Waals surface area (Å²) in [6, 6.07) is 9.43. The number of nitrogens with two attached hydrogens (primary N) is 1. The van der Waals surface area contributed by atoms with E-state index in [-0.39, 0.29) is 5.92 Å². The summed E-state index contributed by atoms with van der Waals surface area (Å²) < 4.78 is 0. The number of aromatic nitrogens is 2. The van der Waals surface area contributed by atoms with Crippen LogP contribution in [0.5, 0.6) is 0 Å². The van der Waals surface area contributed by atoms with E-state index in [4.69, 9.17) is 17.3 Å². The third kappa shape index (κ3) is 3.37. The number of hydrogen-bond donors (Lipinski definition) is 1. The van der Waals surface area contributed by atoms with E-state index in [9.17, 15) is 0 Å². The van der Waals surface area contributed by atoms with Crippen LogP contribution in [0.25, 0.3) is 0 Å². The minimum absolute atomic E-state index is 0.257. The Hall–Kier alpha value is -1.26. The molecule has 94 valence electrons. The molecule has 0 saturated carbocycles. The largest absolute Gasteiger partial charge is 0.384 e. The van der Waals surface area contributed by atoms with Crippen molar-refractivity contribution >= 4 is 29.2 Å². The smallest absolute Gasteiger partial charge is 0.134 e. The standard InChI is InChI=1S/C13H14ClN3S/c1-8(2)13-16-11(15)7-12(17-13)18-10-5-3-4-9(14)6-10/h3-8H,1-2H3,(H2,15,16,17). The lowest BCUT2D eigenvalue weighted by Gasteiger charge is -2.07. The van der Waals surface area contributed by atoms with Crippen LogP contribution in [0.4, 0.5) is 5.82 Å². The zero-order chi connectivity index (χ0) is 13.1. The first-order valence-electron chi connectivity index (χ1n) is 5.62. The fraction of sp³-hybridized carbons (Fsp3) is 0.231. The van der Waals surface area contributed by atoms with Gasteiger partial charge in [-0.2, -0.15) is 0 Å². The highest BCUT2D eigenvalue weighted by molar-refractivity contribution is 7.99. The second kappa shape index (κ2) is 5.59. The Kier molecular flexibility index (Phi) is 4.09. The summed E-state index contributed by atoms with van der Waals surface area (Å²) in [7, 11) is 0. The predicted octanol–water partition coefficient (Wildman–Crippen LogP) is 3.99. The van der Waals surface area contributed by atoms with E-state index in [1.165, 1.54) is 11.8 Å². The topological polar surface area (TPSA) is 51.8 Å².